The lowest BCUT2D eigenvalue weighted by atomic mass is 9.93. The molecule has 2 atom stereocenters. The van der Waals surface area contributed by atoms with Crippen molar-refractivity contribution in [1.82, 2.24) is 10.2 Å². The molecule has 1 aliphatic rings. The van der Waals surface area contributed by atoms with Crippen LogP contribution in [0, 0.1) is 0 Å². The maximum Gasteiger partial charge on any atom is 0.237 e. The first-order valence-electron chi connectivity index (χ1n) is 8.25. The van der Waals surface area contributed by atoms with Gasteiger partial charge in [-0.1, -0.05) is 0 Å². The van der Waals surface area contributed by atoms with Crippen molar-refractivity contribution in [3.8, 4) is 0 Å². The van der Waals surface area contributed by atoms with Crippen molar-refractivity contribution in [1.29, 1.82) is 0 Å². The summed E-state index contributed by atoms with van der Waals surface area (Å²) < 4.78 is 5.66. The number of hydrogen-bond donors (Lipinski definition) is 2. The zero-order valence-electron chi connectivity index (χ0n) is 14.2. The smallest absolute Gasteiger partial charge is 0.237 e. The molecule has 0 bridgehead atoms. The van der Waals surface area contributed by atoms with Gasteiger partial charge in [0.25, 0.3) is 0 Å². The number of carbonyl (C=O) groups excluding carboxylic acids is 1. The van der Waals surface area contributed by atoms with Gasteiger partial charge in [-0.3, -0.25) is 4.79 Å². The number of nitrogens with one attached hydrogen (secondary N) is 1. The van der Waals surface area contributed by atoms with Crippen LogP contribution in [-0.4, -0.2) is 54.7 Å². The van der Waals surface area contributed by atoms with Gasteiger partial charge in [-0.25, -0.2) is 0 Å². The molecular formula is C16H33N3O2. The lowest BCUT2D eigenvalue weighted by Crippen LogP contribution is -2.55. The fourth-order valence-electron chi connectivity index (χ4n) is 3.00. The largest absolute Gasteiger partial charge is 0.377 e. The van der Waals surface area contributed by atoms with Crippen LogP contribution in [0.2, 0.25) is 0 Å². The highest BCUT2D eigenvalue weighted by Gasteiger charge is 2.30. The number of nitrogens with zero attached hydrogens (tertiary/aromatic N) is 1. The molecule has 1 amide bonds. The summed E-state index contributed by atoms with van der Waals surface area (Å²) in [6.45, 7) is 12.2. The van der Waals surface area contributed by atoms with Gasteiger partial charge in [0.15, 0.2) is 0 Å². The molecule has 21 heavy (non-hydrogen) atoms. The topological polar surface area (TPSA) is 67.6 Å². The van der Waals surface area contributed by atoms with Gasteiger partial charge in [-0.2, -0.15) is 0 Å². The predicted octanol–water partition coefficient (Wildman–Crippen LogP) is 1.51. The molecule has 0 saturated carbocycles. The second-order valence-corrected chi connectivity index (χ2v) is 6.79. The summed E-state index contributed by atoms with van der Waals surface area (Å²) >= 11 is 0. The molecule has 0 aromatic carbocycles. The zero-order chi connectivity index (χ0) is 15.9. The van der Waals surface area contributed by atoms with Gasteiger partial charge in [0, 0.05) is 25.7 Å². The number of carbonyl (C=O) groups is 1. The third-order valence-corrected chi connectivity index (χ3v) is 4.09. The number of amides is 1. The highest BCUT2D eigenvalue weighted by molar-refractivity contribution is 5.84. The Bertz CT molecular complexity index is 323. The maximum absolute atomic E-state index is 11.7. The normalized spacial score (nSPS) is 23.8. The van der Waals surface area contributed by atoms with Crippen LogP contribution in [0.5, 0.6) is 0 Å². The van der Waals surface area contributed by atoms with Gasteiger partial charge in [0.2, 0.25) is 5.91 Å². The van der Waals surface area contributed by atoms with Crippen LogP contribution in [0.3, 0.4) is 0 Å². The van der Waals surface area contributed by atoms with E-state index in [9.17, 15) is 4.79 Å². The van der Waals surface area contributed by atoms with Gasteiger partial charge in [0.05, 0.1) is 11.6 Å². The van der Waals surface area contributed by atoms with E-state index in [4.69, 9.17) is 10.5 Å². The molecule has 1 fully saturated rings. The molecule has 0 spiro atoms. The monoisotopic (exact) mass is 299 g/mol. The van der Waals surface area contributed by atoms with Gasteiger partial charge < -0.3 is 20.7 Å². The van der Waals surface area contributed by atoms with Crippen molar-refractivity contribution < 1.29 is 9.53 Å². The predicted molar refractivity (Wildman–Crippen MR) is 86.2 cm³/mol. The number of nitrogens with two attached hydrogens (primary N) is 1. The van der Waals surface area contributed by atoms with E-state index in [1.807, 2.05) is 20.8 Å². The number of hydrogen-bond acceptors (Lipinski definition) is 4. The summed E-state index contributed by atoms with van der Waals surface area (Å²) in [4.78, 5) is 14.1. The standard InChI is InChI=1S/C16H33N3O2/c1-13(2)18-16(4,15(17)20)8-5-6-9-19-10-7-11-21-14(3)12-19/h13-14,18H,5-12H2,1-4H3,(H2,17,20). The molecule has 1 aliphatic heterocycles. The van der Waals surface area contributed by atoms with Crippen molar-refractivity contribution in [3.05, 3.63) is 0 Å². The molecule has 0 radical (unpaired) electrons. The second-order valence-electron chi connectivity index (χ2n) is 6.79. The van der Waals surface area contributed by atoms with Crippen molar-refractivity contribution in [3.63, 3.8) is 0 Å². The molecule has 3 N–H and O–H groups in total. The molecular weight excluding hydrogens is 266 g/mol. The quantitative estimate of drug-likeness (QED) is 0.667. The molecule has 0 aliphatic carbocycles. The highest BCUT2D eigenvalue weighted by atomic mass is 16.5. The molecule has 2 unspecified atom stereocenters. The number of primary amides is 1. The highest BCUT2D eigenvalue weighted by Crippen LogP contribution is 2.15. The average Bonchev–Trinajstić information content (AvgIpc) is 2.58. The second kappa shape index (κ2) is 8.71. The lowest BCUT2D eigenvalue weighted by molar-refractivity contribution is -0.124. The van der Waals surface area contributed by atoms with E-state index in [-0.39, 0.29) is 11.9 Å². The summed E-state index contributed by atoms with van der Waals surface area (Å²) in [6.07, 6.45) is 4.32. The first-order valence-corrected chi connectivity index (χ1v) is 8.25. The van der Waals surface area contributed by atoms with E-state index in [1.54, 1.807) is 0 Å². The van der Waals surface area contributed by atoms with Crippen LogP contribution >= 0.6 is 0 Å². The van der Waals surface area contributed by atoms with Crippen LogP contribution in [0.15, 0.2) is 0 Å². The van der Waals surface area contributed by atoms with E-state index >= 15 is 0 Å². The minimum Gasteiger partial charge on any atom is -0.377 e. The van der Waals surface area contributed by atoms with Crippen LogP contribution in [0.25, 0.3) is 0 Å². The summed E-state index contributed by atoms with van der Waals surface area (Å²) in [6, 6.07) is 0.256. The van der Waals surface area contributed by atoms with E-state index in [2.05, 4.69) is 17.1 Å². The van der Waals surface area contributed by atoms with Crippen molar-refractivity contribution in [2.45, 2.75) is 71.1 Å². The molecule has 5 heteroatoms. The van der Waals surface area contributed by atoms with Gasteiger partial charge in [-0.15, -0.1) is 0 Å². The molecule has 1 saturated heterocycles. The van der Waals surface area contributed by atoms with Crippen molar-refractivity contribution in [2.75, 3.05) is 26.2 Å². The Morgan fingerprint density at radius 2 is 2.19 bits per heavy atom. The van der Waals surface area contributed by atoms with Crippen LogP contribution in [0.4, 0.5) is 0 Å². The first-order chi connectivity index (χ1) is 9.83. The third-order valence-electron chi connectivity index (χ3n) is 4.09. The Hall–Kier alpha value is -0.650. The first kappa shape index (κ1) is 18.4. The summed E-state index contributed by atoms with van der Waals surface area (Å²) in [5.41, 5.74) is 4.96. The molecule has 0 aromatic heterocycles. The van der Waals surface area contributed by atoms with E-state index in [0.717, 1.165) is 51.9 Å². The Labute approximate surface area is 129 Å². The number of rotatable bonds is 8. The third kappa shape index (κ3) is 6.76. The summed E-state index contributed by atoms with van der Waals surface area (Å²) in [5, 5.41) is 3.30. The fourth-order valence-corrected chi connectivity index (χ4v) is 3.00. The Kier molecular flexibility index (Phi) is 7.63. The lowest BCUT2D eigenvalue weighted by Gasteiger charge is -2.30. The SMILES string of the molecule is CC(C)NC(C)(CCCCN1CCCOC(C)C1)C(N)=O. The van der Waals surface area contributed by atoms with Crippen molar-refractivity contribution >= 4 is 5.91 Å². The van der Waals surface area contributed by atoms with Gasteiger partial charge >= 0.3 is 0 Å². The maximum atomic E-state index is 11.7. The molecule has 1 heterocycles. The molecule has 0 aromatic rings. The number of ether oxygens (including phenoxy) is 1. The van der Waals surface area contributed by atoms with Crippen LogP contribution in [0.1, 0.15) is 53.4 Å². The molecule has 124 valence electrons. The Morgan fingerprint density at radius 1 is 1.48 bits per heavy atom. The van der Waals surface area contributed by atoms with Crippen LogP contribution in [-0.2, 0) is 9.53 Å². The number of unbranched alkanes of at least 4 members (excludes halogenated alkanes) is 1. The molecule has 1 rings (SSSR count). The van der Waals surface area contributed by atoms with Gasteiger partial charge in [-0.05, 0) is 59.9 Å². The van der Waals surface area contributed by atoms with Crippen molar-refractivity contribution in [2.24, 2.45) is 5.73 Å². The summed E-state index contributed by atoms with van der Waals surface area (Å²) in [7, 11) is 0. The molecule has 5 nitrogen and oxygen atoms in total. The van der Waals surface area contributed by atoms with Crippen LogP contribution < -0.4 is 11.1 Å². The Morgan fingerprint density at radius 3 is 2.81 bits per heavy atom. The average molecular weight is 299 g/mol. The Balaban J connectivity index is 2.32. The summed E-state index contributed by atoms with van der Waals surface area (Å²) in [5.74, 6) is -0.256. The van der Waals surface area contributed by atoms with E-state index in [1.165, 1.54) is 0 Å². The van der Waals surface area contributed by atoms with E-state index in [0.29, 0.717) is 6.10 Å². The fraction of sp³-hybridized carbons (Fsp3) is 0.938. The minimum atomic E-state index is -0.594. The van der Waals surface area contributed by atoms with Gasteiger partial charge in [0.1, 0.15) is 0 Å². The zero-order valence-corrected chi connectivity index (χ0v) is 14.2. The minimum absolute atomic E-state index is 0.256. The van der Waals surface area contributed by atoms with E-state index < -0.39 is 5.54 Å².